The van der Waals surface area contributed by atoms with E-state index in [1.807, 2.05) is 88.4 Å². The molecule has 0 spiro atoms. The van der Waals surface area contributed by atoms with Crippen LogP contribution < -0.4 is 18.9 Å². The van der Waals surface area contributed by atoms with Gasteiger partial charge in [0.25, 0.3) is 0 Å². The van der Waals surface area contributed by atoms with E-state index in [4.69, 9.17) is 5.11 Å². The van der Waals surface area contributed by atoms with Crippen LogP contribution in [0, 0.1) is 12.8 Å². The van der Waals surface area contributed by atoms with Crippen molar-refractivity contribution in [3.8, 4) is 0 Å². The zero-order chi connectivity index (χ0) is 26.3. The number of hydrogen-bond acceptors (Lipinski definition) is 2. The van der Waals surface area contributed by atoms with Gasteiger partial charge in [-0.15, -0.1) is 0 Å². The molecule has 4 aromatic rings. The smallest absolute Gasteiger partial charge is 0.478 e. The van der Waals surface area contributed by atoms with E-state index in [2.05, 4.69) is 20.8 Å². The van der Waals surface area contributed by atoms with Crippen LogP contribution in [0.4, 0.5) is 0 Å². The molecule has 36 heavy (non-hydrogen) atoms. The zero-order valence-electron chi connectivity index (χ0n) is 22.6. The third-order valence-corrected chi connectivity index (χ3v) is 5.34. The van der Waals surface area contributed by atoms with Crippen molar-refractivity contribution < 1.29 is 38.7 Å². The third-order valence-electron chi connectivity index (χ3n) is 5.34. The largest absolute Gasteiger partial charge is 1.00 e. The van der Waals surface area contributed by atoms with E-state index in [1.54, 1.807) is 12.1 Å². The van der Waals surface area contributed by atoms with Crippen molar-refractivity contribution in [3.63, 3.8) is 0 Å². The predicted octanol–water partition coefficient (Wildman–Crippen LogP) is 5.31. The number of carboxylic acids is 2. The summed E-state index contributed by atoms with van der Waals surface area (Å²) in [6.07, 6.45) is 0. The molecule has 0 saturated carbocycles. The number of hydrogen-bond donors (Lipinski definition) is 2. The fourth-order valence-electron chi connectivity index (χ4n) is 3.92. The van der Waals surface area contributed by atoms with E-state index in [0.29, 0.717) is 11.1 Å². The molecule has 4 nitrogen and oxygen atoms in total. The second-order valence-corrected chi connectivity index (χ2v) is 10.0. The van der Waals surface area contributed by atoms with Gasteiger partial charge in [0.15, 0.2) is 0 Å². The Balaban J connectivity index is 0.000000310. The molecule has 0 bridgehead atoms. The molecule has 0 atom stereocenters. The van der Waals surface area contributed by atoms with Crippen LogP contribution in [-0.4, -0.2) is 22.2 Å². The average Bonchev–Trinajstić information content (AvgIpc) is 2.78. The first kappa shape index (κ1) is 31.0. The fourth-order valence-corrected chi connectivity index (χ4v) is 3.92. The summed E-state index contributed by atoms with van der Waals surface area (Å²) in [6, 6.07) is 22.8. The van der Waals surface area contributed by atoms with Gasteiger partial charge in [0.05, 0.1) is 11.1 Å². The van der Waals surface area contributed by atoms with Crippen LogP contribution in [0.15, 0.2) is 72.8 Å². The van der Waals surface area contributed by atoms with Crippen molar-refractivity contribution in [2.24, 2.45) is 0 Å². The molecule has 184 valence electrons. The summed E-state index contributed by atoms with van der Waals surface area (Å²) in [7, 11) is 0. The Labute approximate surface area is 226 Å². The van der Waals surface area contributed by atoms with Crippen LogP contribution in [0.3, 0.4) is 0 Å². The Morgan fingerprint density at radius 2 is 1.06 bits per heavy atom. The number of fused-ring (bicyclic) bond motifs is 2. The number of benzene rings is 4. The number of aromatic carboxylic acids is 2. The maximum absolute atomic E-state index is 11.3. The van der Waals surface area contributed by atoms with E-state index in [9.17, 15) is 14.7 Å². The van der Waals surface area contributed by atoms with Crippen LogP contribution in [0.25, 0.3) is 21.5 Å². The molecule has 0 aromatic heterocycles. The molecule has 5 heteroatoms. The second kappa shape index (κ2) is 13.3. The molecule has 4 aromatic carbocycles. The van der Waals surface area contributed by atoms with Gasteiger partial charge in [-0.3, -0.25) is 0 Å². The van der Waals surface area contributed by atoms with Gasteiger partial charge < -0.3 is 16.1 Å². The van der Waals surface area contributed by atoms with Crippen LogP contribution in [0.1, 0.15) is 73.4 Å². The third kappa shape index (κ3) is 7.98. The van der Waals surface area contributed by atoms with Gasteiger partial charge >= 0.3 is 30.8 Å². The topological polar surface area (TPSA) is 74.6 Å². The van der Waals surface area contributed by atoms with Gasteiger partial charge in [0, 0.05) is 0 Å². The molecule has 0 fully saturated rings. The number of aryl methyl sites for hydroxylation is 1. The van der Waals surface area contributed by atoms with Crippen molar-refractivity contribution in [1.29, 1.82) is 0 Å². The molecule has 0 aliphatic carbocycles. The van der Waals surface area contributed by atoms with Crippen molar-refractivity contribution in [1.82, 2.24) is 0 Å². The van der Waals surface area contributed by atoms with Crippen molar-refractivity contribution in [2.45, 2.75) is 53.9 Å². The van der Waals surface area contributed by atoms with Crippen molar-refractivity contribution >= 4 is 33.5 Å². The van der Waals surface area contributed by atoms with Gasteiger partial charge in [-0.1, -0.05) is 81.4 Å². The Bertz CT molecular complexity index is 1330. The first-order chi connectivity index (χ1) is 16.3. The predicted molar refractivity (Wildman–Crippen MR) is 146 cm³/mol. The maximum atomic E-state index is 11.3. The molecule has 0 amide bonds. The van der Waals surface area contributed by atoms with E-state index < -0.39 is 11.9 Å². The number of carboxylic acid groups (broad SMARTS) is 2. The minimum Gasteiger partial charge on any atom is -0.478 e. The van der Waals surface area contributed by atoms with E-state index in [-0.39, 0.29) is 24.3 Å². The summed E-state index contributed by atoms with van der Waals surface area (Å²) in [6.45, 7) is 14.2. The first-order valence-electron chi connectivity index (χ1n) is 11.6. The van der Waals surface area contributed by atoms with Gasteiger partial charge in [-0.05, 0) is 57.1 Å². The minimum absolute atomic E-state index is 0. The van der Waals surface area contributed by atoms with Gasteiger partial charge in [-0.25, -0.2) is 9.59 Å². The SMILES string of the molecule is CC(C)(C)c1c(C(=O)O)ccc2ccccc12.C[C-](C)C.Cc1c(C(=O)O)ccc2ccccc12.[Li+]. The summed E-state index contributed by atoms with van der Waals surface area (Å²) in [5.41, 5.74) is 2.33. The molecule has 0 aliphatic heterocycles. The van der Waals surface area contributed by atoms with Crippen LogP contribution >= 0.6 is 0 Å². The molecule has 0 heterocycles. The van der Waals surface area contributed by atoms with Gasteiger partial charge in [0.2, 0.25) is 0 Å². The zero-order valence-corrected chi connectivity index (χ0v) is 22.6. The Morgan fingerprint density at radius 3 is 1.50 bits per heavy atom. The van der Waals surface area contributed by atoms with E-state index >= 15 is 0 Å². The van der Waals surface area contributed by atoms with Gasteiger partial charge in [-0.2, -0.15) is 20.8 Å². The quantitative estimate of drug-likeness (QED) is 0.303. The summed E-state index contributed by atoms with van der Waals surface area (Å²) in [4.78, 5) is 22.2. The Kier molecular flexibility index (Phi) is 11.4. The van der Waals surface area contributed by atoms with E-state index in [0.717, 1.165) is 32.7 Å². The van der Waals surface area contributed by atoms with Crippen LogP contribution in [-0.2, 0) is 5.41 Å². The summed E-state index contributed by atoms with van der Waals surface area (Å²) >= 11 is 0. The van der Waals surface area contributed by atoms with Crippen LogP contribution in [0.5, 0.6) is 0 Å². The summed E-state index contributed by atoms with van der Waals surface area (Å²) < 4.78 is 0. The number of carbonyl (C=O) groups is 2. The monoisotopic (exact) mass is 478 g/mol. The molecular formula is C31H35LiO4. The molecule has 2 N–H and O–H groups in total. The molecule has 0 aliphatic rings. The average molecular weight is 479 g/mol. The van der Waals surface area contributed by atoms with Gasteiger partial charge in [0.1, 0.15) is 0 Å². The molecular weight excluding hydrogens is 443 g/mol. The molecule has 0 unspecified atom stereocenters. The number of rotatable bonds is 2. The maximum Gasteiger partial charge on any atom is 1.00 e. The van der Waals surface area contributed by atoms with E-state index in [1.165, 1.54) is 5.92 Å². The summed E-state index contributed by atoms with van der Waals surface area (Å²) in [5, 5.41) is 22.4. The standard InChI is InChI=1S/C15H16O2.C12H10O2.C4H9.Li/c1-15(2,3)13-11-7-5-4-6-10(11)8-9-12(13)14(16)17;1-8-10-5-3-2-4-9(10)6-7-11(8)12(13)14;1-4(2)3;/h4-9H,1-3H3,(H,16,17);2-7H,1H3,(H,13,14);1-3H3;/q;;-1;+1. The normalized spacial score (nSPS) is 10.6. The molecule has 0 radical (unpaired) electrons. The van der Waals surface area contributed by atoms with Crippen molar-refractivity contribution in [2.75, 3.05) is 0 Å². The van der Waals surface area contributed by atoms with Crippen LogP contribution in [0.2, 0.25) is 0 Å². The first-order valence-corrected chi connectivity index (χ1v) is 11.6. The summed E-state index contributed by atoms with van der Waals surface area (Å²) in [5.74, 6) is -0.311. The fraction of sp³-hybridized carbons (Fsp3) is 0.258. The Hall–Kier alpha value is -3.06. The van der Waals surface area contributed by atoms with Crippen molar-refractivity contribution in [3.05, 3.63) is 101 Å². The molecule has 4 rings (SSSR count). The minimum atomic E-state index is -0.867. The Morgan fingerprint density at radius 1 is 0.667 bits per heavy atom. The molecule has 0 saturated heterocycles. The second-order valence-electron chi connectivity index (χ2n) is 10.0.